The van der Waals surface area contributed by atoms with E-state index in [-0.39, 0.29) is 24.2 Å². The number of hydrogen-bond acceptors (Lipinski definition) is 4. The van der Waals surface area contributed by atoms with Crippen LogP contribution in [0, 0.1) is 12.7 Å². The Morgan fingerprint density at radius 3 is 2.95 bits per heavy atom. The van der Waals surface area contributed by atoms with Crippen LogP contribution in [0.1, 0.15) is 11.1 Å². The second kappa shape index (κ2) is 6.14. The van der Waals surface area contributed by atoms with Gasteiger partial charge in [-0.3, -0.25) is 4.79 Å². The highest BCUT2D eigenvalue weighted by Gasteiger charge is 2.05. The van der Waals surface area contributed by atoms with Crippen LogP contribution >= 0.6 is 0 Å². The zero-order valence-electron chi connectivity index (χ0n) is 11.1. The third kappa shape index (κ3) is 3.78. The number of amides is 1. The van der Waals surface area contributed by atoms with E-state index in [1.54, 1.807) is 6.07 Å². The molecule has 0 saturated heterocycles. The number of anilines is 1. The van der Waals surface area contributed by atoms with Crippen molar-refractivity contribution in [3.05, 3.63) is 41.5 Å². The second-order valence-electron chi connectivity index (χ2n) is 4.47. The van der Waals surface area contributed by atoms with Crippen molar-refractivity contribution in [2.45, 2.75) is 19.9 Å². The lowest BCUT2D eigenvalue weighted by atomic mass is 10.1. The van der Waals surface area contributed by atoms with Crippen molar-refractivity contribution in [3.63, 3.8) is 0 Å². The van der Waals surface area contributed by atoms with Crippen LogP contribution in [0.15, 0.2) is 24.5 Å². The Kier molecular flexibility index (Phi) is 4.29. The molecule has 106 valence electrons. The molecule has 0 unspecified atom stereocenters. The van der Waals surface area contributed by atoms with Gasteiger partial charge in [0.25, 0.3) is 0 Å². The van der Waals surface area contributed by atoms with E-state index in [1.807, 2.05) is 6.92 Å². The monoisotopic (exact) mass is 277 g/mol. The summed E-state index contributed by atoms with van der Waals surface area (Å²) in [6.45, 7) is 2.40. The molecule has 0 aliphatic carbocycles. The zero-order valence-corrected chi connectivity index (χ0v) is 11.1. The Morgan fingerprint density at radius 2 is 2.30 bits per heavy atom. The van der Waals surface area contributed by atoms with Gasteiger partial charge in [-0.1, -0.05) is 6.07 Å². The largest absolute Gasteiger partial charge is 0.367 e. The highest BCUT2D eigenvalue weighted by Crippen LogP contribution is 2.10. The first-order valence-corrected chi connectivity index (χ1v) is 6.21. The first-order chi connectivity index (χ1) is 9.54. The van der Waals surface area contributed by atoms with E-state index in [4.69, 9.17) is 5.73 Å². The molecule has 1 amide bonds. The standard InChI is InChI=1S/C13H16FN5O/c1-9-6-11(14)3-2-10(9)4-5-16-12(20)7-19-8-17-13(15)18-19/h2-3,6,8H,4-5,7H2,1H3,(H2,15,18)(H,16,20). The van der Waals surface area contributed by atoms with Crippen LogP contribution in [0.4, 0.5) is 10.3 Å². The van der Waals surface area contributed by atoms with Gasteiger partial charge in [-0.2, -0.15) is 0 Å². The predicted molar refractivity (Wildman–Crippen MR) is 72.3 cm³/mol. The number of hydrogen-bond donors (Lipinski definition) is 2. The number of halogens is 1. The van der Waals surface area contributed by atoms with Crippen LogP contribution in [0.5, 0.6) is 0 Å². The summed E-state index contributed by atoms with van der Waals surface area (Å²) in [5.41, 5.74) is 7.24. The number of benzene rings is 1. The normalized spacial score (nSPS) is 10.5. The first-order valence-electron chi connectivity index (χ1n) is 6.21. The molecule has 0 saturated carbocycles. The third-order valence-electron chi connectivity index (χ3n) is 2.88. The summed E-state index contributed by atoms with van der Waals surface area (Å²) in [4.78, 5) is 15.4. The number of aryl methyl sites for hydroxylation is 1. The summed E-state index contributed by atoms with van der Waals surface area (Å²) >= 11 is 0. The lowest BCUT2D eigenvalue weighted by Crippen LogP contribution is -2.29. The average molecular weight is 277 g/mol. The van der Waals surface area contributed by atoms with Crippen LogP contribution in [-0.4, -0.2) is 27.2 Å². The lowest BCUT2D eigenvalue weighted by Gasteiger charge is -2.07. The molecule has 7 heteroatoms. The van der Waals surface area contributed by atoms with Crippen molar-refractivity contribution in [1.82, 2.24) is 20.1 Å². The Morgan fingerprint density at radius 1 is 1.50 bits per heavy atom. The number of aromatic nitrogens is 3. The quantitative estimate of drug-likeness (QED) is 0.841. The van der Waals surface area contributed by atoms with Gasteiger partial charge in [0, 0.05) is 6.54 Å². The van der Waals surface area contributed by atoms with Crippen LogP contribution in [0.2, 0.25) is 0 Å². The average Bonchev–Trinajstić information content (AvgIpc) is 2.77. The number of rotatable bonds is 5. The van der Waals surface area contributed by atoms with Crippen molar-refractivity contribution >= 4 is 11.9 Å². The molecule has 2 aromatic rings. The summed E-state index contributed by atoms with van der Waals surface area (Å²) in [6.07, 6.45) is 2.05. The van der Waals surface area contributed by atoms with Gasteiger partial charge in [-0.15, -0.1) is 5.10 Å². The maximum Gasteiger partial charge on any atom is 0.241 e. The van der Waals surface area contributed by atoms with E-state index >= 15 is 0 Å². The Labute approximate surface area is 115 Å². The lowest BCUT2D eigenvalue weighted by molar-refractivity contribution is -0.121. The molecule has 3 N–H and O–H groups in total. The molecule has 1 heterocycles. The molecule has 6 nitrogen and oxygen atoms in total. The summed E-state index contributed by atoms with van der Waals surface area (Å²) in [5, 5.41) is 6.59. The number of nitrogens with two attached hydrogens (primary N) is 1. The zero-order chi connectivity index (χ0) is 14.5. The topological polar surface area (TPSA) is 85.8 Å². The molecule has 1 aromatic heterocycles. The van der Waals surface area contributed by atoms with Crippen LogP contribution < -0.4 is 11.1 Å². The van der Waals surface area contributed by atoms with Crippen molar-refractivity contribution < 1.29 is 9.18 Å². The number of nitrogen functional groups attached to an aromatic ring is 1. The molecule has 0 spiro atoms. The SMILES string of the molecule is Cc1cc(F)ccc1CCNC(=O)Cn1cnc(N)n1. The fourth-order valence-electron chi connectivity index (χ4n) is 1.86. The smallest absolute Gasteiger partial charge is 0.241 e. The molecule has 0 aliphatic rings. The van der Waals surface area contributed by atoms with Gasteiger partial charge >= 0.3 is 0 Å². The Balaban J connectivity index is 1.79. The summed E-state index contributed by atoms with van der Waals surface area (Å²) in [6, 6.07) is 4.63. The van der Waals surface area contributed by atoms with Crippen molar-refractivity contribution in [3.8, 4) is 0 Å². The summed E-state index contributed by atoms with van der Waals surface area (Å²) in [5.74, 6) is -0.284. The van der Waals surface area contributed by atoms with Crippen molar-refractivity contribution in [2.75, 3.05) is 12.3 Å². The van der Waals surface area contributed by atoms with Crippen LogP contribution in [0.3, 0.4) is 0 Å². The van der Waals surface area contributed by atoms with Gasteiger partial charge in [-0.05, 0) is 36.6 Å². The maximum atomic E-state index is 12.9. The molecular formula is C13H16FN5O. The number of nitrogens with one attached hydrogen (secondary N) is 1. The third-order valence-corrected chi connectivity index (χ3v) is 2.88. The van der Waals surface area contributed by atoms with Gasteiger partial charge in [0.2, 0.25) is 11.9 Å². The van der Waals surface area contributed by atoms with Crippen LogP contribution in [0.25, 0.3) is 0 Å². The van der Waals surface area contributed by atoms with E-state index in [2.05, 4.69) is 15.4 Å². The molecule has 0 aliphatic heterocycles. The summed E-state index contributed by atoms with van der Waals surface area (Å²) in [7, 11) is 0. The molecule has 2 rings (SSSR count). The van der Waals surface area contributed by atoms with Crippen molar-refractivity contribution in [1.29, 1.82) is 0 Å². The highest BCUT2D eigenvalue weighted by molar-refractivity contribution is 5.75. The van der Waals surface area contributed by atoms with E-state index in [0.29, 0.717) is 13.0 Å². The van der Waals surface area contributed by atoms with Gasteiger partial charge in [0.05, 0.1) is 0 Å². The number of carbonyl (C=O) groups excluding carboxylic acids is 1. The Hall–Kier alpha value is -2.44. The fourth-order valence-corrected chi connectivity index (χ4v) is 1.86. The minimum absolute atomic E-state index is 0.0760. The second-order valence-corrected chi connectivity index (χ2v) is 4.47. The van der Waals surface area contributed by atoms with Crippen molar-refractivity contribution in [2.24, 2.45) is 0 Å². The molecule has 0 radical (unpaired) electrons. The van der Waals surface area contributed by atoms with Gasteiger partial charge in [-0.25, -0.2) is 14.1 Å². The van der Waals surface area contributed by atoms with E-state index in [9.17, 15) is 9.18 Å². The van der Waals surface area contributed by atoms with Crippen LogP contribution in [-0.2, 0) is 17.8 Å². The Bertz CT molecular complexity index is 611. The summed E-state index contributed by atoms with van der Waals surface area (Å²) < 4.78 is 14.3. The number of carbonyl (C=O) groups is 1. The van der Waals surface area contributed by atoms with Gasteiger partial charge < -0.3 is 11.1 Å². The number of nitrogens with zero attached hydrogens (tertiary/aromatic N) is 3. The molecule has 1 aromatic carbocycles. The fraction of sp³-hybridized carbons (Fsp3) is 0.308. The highest BCUT2D eigenvalue weighted by atomic mass is 19.1. The molecule has 20 heavy (non-hydrogen) atoms. The maximum absolute atomic E-state index is 12.9. The van der Waals surface area contributed by atoms with Gasteiger partial charge in [0.1, 0.15) is 18.7 Å². The minimum atomic E-state index is -0.251. The minimum Gasteiger partial charge on any atom is -0.367 e. The first kappa shape index (κ1) is 14.0. The molecule has 0 fully saturated rings. The molecule has 0 bridgehead atoms. The molecule has 0 atom stereocenters. The van der Waals surface area contributed by atoms with E-state index in [0.717, 1.165) is 11.1 Å². The predicted octanol–water partition coefficient (Wildman–Crippen LogP) is 0.667. The molecular weight excluding hydrogens is 261 g/mol. The van der Waals surface area contributed by atoms with Gasteiger partial charge in [0.15, 0.2) is 0 Å². The van der Waals surface area contributed by atoms with E-state index in [1.165, 1.54) is 23.1 Å². The van der Waals surface area contributed by atoms with E-state index < -0.39 is 0 Å².